The summed E-state index contributed by atoms with van der Waals surface area (Å²) in [4.78, 5) is 15.6. The van der Waals surface area contributed by atoms with E-state index < -0.39 is 15.8 Å². The van der Waals surface area contributed by atoms with Crippen molar-refractivity contribution in [2.24, 2.45) is 5.92 Å². The molecular weight excluding hydrogens is 411 g/mol. The summed E-state index contributed by atoms with van der Waals surface area (Å²) in [5, 5.41) is 0. The third kappa shape index (κ3) is 5.38. The lowest BCUT2D eigenvalue weighted by Gasteiger charge is -2.30. The smallest absolute Gasteiger partial charge is 0.255 e. The standard InChI is InChI=1S/C21H25FN2O3S2/c1-15-8-10-24(11-9-15)21(25)19-13-18(6-7-20(19)28-2)29(26,27)23-14-16-4-3-5-17(22)12-16/h3-7,12-13,15,23H,8-11,14H2,1-2H3. The SMILES string of the molecule is CSc1ccc(S(=O)(=O)NCc2cccc(F)c2)cc1C(=O)N1CCC(C)CC1. The number of benzene rings is 2. The number of hydrogen-bond acceptors (Lipinski definition) is 4. The van der Waals surface area contributed by atoms with E-state index in [9.17, 15) is 17.6 Å². The summed E-state index contributed by atoms with van der Waals surface area (Å²) in [6.45, 7) is 3.51. The molecule has 0 aromatic heterocycles. The first-order valence-corrected chi connectivity index (χ1v) is 12.2. The second kappa shape index (κ2) is 9.28. The molecule has 3 rings (SSSR count). The minimum atomic E-state index is -3.84. The molecule has 0 radical (unpaired) electrons. The predicted molar refractivity (Wildman–Crippen MR) is 113 cm³/mol. The Morgan fingerprint density at radius 3 is 2.59 bits per heavy atom. The van der Waals surface area contributed by atoms with Crippen LogP contribution >= 0.6 is 11.8 Å². The van der Waals surface area contributed by atoms with Crippen molar-refractivity contribution in [3.05, 3.63) is 59.4 Å². The normalized spacial score (nSPS) is 15.5. The van der Waals surface area contributed by atoms with Crippen molar-refractivity contribution < 1.29 is 17.6 Å². The molecule has 1 fully saturated rings. The molecule has 29 heavy (non-hydrogen) atoms. The number of rotatable bonds is 6. The Labute approximate surface area is 175 Å². The Bertz CT molecular complexity index is 987. The third-order valence-corrected chi connectivity index (χ3v) is 7.33. The summed E-state index contributed by atoms with van der Waals surface area (Å²) in [7, 11) is -3.84. The molecule has 0 bridgehead atoms. The molecule has 0 atom stereocenters. The molecule has 1 amide bonds. The van der Waals surface area contributed by atoms with E-state index in [2.05, 4.69) is 11.6 Å². The van der Waals surface area contributed by atoms with Gasteiger partial charge in [-0.05, 0) is 60.9 Å². The summed E-state index contributed by atoms with van der Waals surface area (Å²) >= 11 is 1.42. The van der Waals surface area contributed by atoms with E-state index in [1.54, 1.807) is 17.0 Å². The fourth-order valence-corrected chi connectivity index (χ4v) is 4.93. The predicted octanol–water partition coefficient (Wildman–Crippen LogP) is 3.90. The number of nitrogens with one attached hydrogen (secondary N) is 1. The van der Waals surface area contributed by atoms with Gasteiger partial charge in [-0.15, -0.1) is 11.8 Å². The number of halogens is 1. The van der Waals surface area contributed by atoms with Crippen LogP contribution < -0.4 is 4.72 Å². The van der Waals surface area contributed by atoms with E-state index in [4.69, 9.17) is 0 Å². The van der Waals surface area contributed by atoms with Crippen LogP contribution in [0.2, 0.25) is 0 Å². The van der Waals surface area contributed by atoms with Gasteiger partial charge in [0.05, 0.1) is 10.5 Å². The lowest BCUT2D eigenvalue weighted by Crippen LogP contribution is -2.38. The monoisotopic (exact) mass is 436 g/mol. The zero-order valence-electron chi connectivity index (χ0n) is 16.5. The van der Waals surface area contributed by atoms with E-state index in [1.807, 2.05) is 6.26 Å². The summed E-state index contributed by atoms with van der Waals surface area (Å²) < 4.78 is 41.3. The van der Waals surface area contributed by atoms with Gasteiger partial charge in [-0.2, -0.15) is 0 Å². The van der Waals surface area contributed by atoms with Gasteiger partial charge in [0.25, 0.3) is 5.91 Å². The second-order valence-corrected chi connectivity index (χ2v) is 9.91. The van der Waals surface area contributed by atoms with Gasteiger partial charge >= 0.3 is 0 Å². The van der Waals surface area contributed by atoms with Gasteiger partial charge in [0, 0.05) is 24.5 Å². The van der Waals surface area contributed by atoms with Crippen LogP contribution in [0.15, 0.2) is 52.3 Å². The minimum absolute atomic E-state index is 0.0282. The highest BCUT2D eigenvalue weighted by atomic mass is 32.2. The van der Waals surface area contributed by atoms with Crippen molar-refractivity contribution in [3.63, 3.8) is 0 Å². The van der Waals surface area contributed by atoms with E-state index in [1.165, 1.54) is 42.1 Å². The van der Waals surface area contributed by atoms with Crippen LogP contribution in [0, 0.1) is 11.7 Å². The van der Waals surface area contributed by atoms with Crippen LogP contribution in [0.25, 0.3) is 0 Å². The lowest BCUT2D eigenvalue weighted by atomic mass is 9.98. The molecule has 0 unspecified atom stereocenters. The number of thioether (sulfide) groups is 1. The maximum atomic E-state index is 13.3. The molecule has 2 aromatic carbocycles. The number of hydrogen-bond donors (Lipinski definition) is 1. The van der Waals surface area contributed by atoms with Crippen LogP contribution in [0.4, 0.5) is 4.39 Å². The highest BCUT2D eigenvalue weighted by Crippen LogP contribution is 2.27. The van der Waals surface area contributed by atoms with E-state index >= 15 is 0 Å². The summed E-state index contributed by atoms with van der Waals surface area (Å²) in [6.07, 6.45) is 3.77. The highest BCUT2D eigenvalue weighted by molar-refractivity contribution is 7.98. The first kappa shape index (κ1) is 21.8. The summed E-state index contributed by atoms with van der Waals surface area (Å²) in [5.41, 5.74) is 0.925. The Kier molecular flexibility index (Phi) is 6.97. The van der Waals surface area contributed by atoms with Crippen molar-refractivity contribution in [1.29, 1.82) is 0 Å². The number of nitrogens with zero attached hydrogens (tertiary/aromatic N) is 1. The first-order chi connectivity index (χ1) is 13.8. The average molecular weight is 437 g/mol. The molecule has 0 saturated carbocycles. The van der Waals surface area contributed by atoms with Crippen molar-refractivity contribution in [3.8, 4) is 0 Å². The van der Waals surface area contributed by atoms with Gasteiger partial charge in [0.1, 0.15) is 5.82 Å². The van der Waals surface area contributed by atoms with Crippen molar-refractivity contribution in [2.75, 3.05) is 19.3 Å². The Morgan fingerprint density at radius 1 is 1.21 bits per heavy atom. The topological polar surface area (TPSA) is 66.5 Å². The zero-order valence-corrected chi connectivity index (χ0v) is 18.2. The van der Waals surface area contributed by atoms with E-state index in [0.717, 1.165) is 17.7 Å². The van der Waals surface area contributed by atoms with Gasteiger partial charge < -0.3 is 4.90 Å². The van der Waals surface area contributed by atoms with E-state index in [-0.39, 0.29) is 17.3 Å². The average Bonchev–Trinajstić information content (AvgIpc) is 2.72. The summed E-state index contributed by atoms with van der Waals surface area (Å²) in [5.74, 6) is 0.0380. The van der Waals surface area contributed by atoms with Crippen LogP contribution in [0.1, 0.15) is 35.7 Å². The molecule has 0 aliphatic carbocycles. The van der Waals surface area contributed by atoms with Gasteiger partial charge in [-0.25, -0.2) is 17.5 Å². The number of sulfonamides is 1. The third-order valence-electron chi connectivity index (χ3n) is 5.14. The number of carbonyl (C=O) groups is 1. The highest BCUT2D eigenvalue weighted by Gasteiger charge is 2.25. The maximum Gasteiger partial charge on any atom is 0.255 e. The largest absolute Gasteiger partial charge is 0.339 e. The Morgan fingerprint density at radius 2 is 1.93 bits per heavy atom. The van der Waals surface area contributed by atoms with Crippen LogP contribution in [-0.4, -0.2) is 38.6 Å². The molecule has 8 heteroatoms. The number of amides is 1. The first-order valence-electron chi connectivity index (χ1n) is 9.51. The second-order valence-electron chi connectivity index (χ2n) is 7.29. The molecule has 0 spiro atoms. The number of piperidine rings is 1. The van der Waals surface area contributed by atoms with Crippen molar-refractivity contribution >= 4 is 27.7 Å². The van der Waals surface area contributed by atoms with Gasteiger partial charge in [0.15, 0.2) is 0 Å². The minimum Gasteiger partial charge on any atom is -0.339 e. The Hall–Kier alpha value is -1.90. The van der Waals surface area contributed by atoms with Crippen LogP contribution in [0.3, 0.4) is 0 Å². The summed E-state index contributed by atoms with van der Waals surface area (Å²) in [6, 6.07) is 10.4. The molecular formula is C21H25FN2O3S2. The molecule has 1 saturated heterocycles. The van der Waals surface area contributed by atoms with Crippen LogP contribution in [0.5, 0.6) is 0 Å². The van der Waals surface area contributed by atoms with Crippen molar-refractivity contribution in [2.45, 2.75) is 36.1 Å². The van der Waals surface area contributed by atoms with E-state index in [0.29, 0.717) is 30.1 Å². The fourth-order valence-electron chi connectivity index (χ4n) is 3.31. The number of likely N-dealkylation sites (tertiary alicyclic amines) is 1. The quantitative estimate of drug-likeness (QED) is 0.698. The number of carbonyl (C=O) groups excluding carboxylic acids is 1. The van der Waals surface area contributed by atoms with Crippen molar-refractivity contribution in [1.82, 2.24) is 9.62 Å². The van der Waals surface area contributed by atoms with Gasteiger partial charge in [-0.3, -0.25) is 4.79 Å². The fraction of sp³-hybridized carbons (Fsp3) is 0.381. The molecule has 1 N–H and O–H groups in total. The molecule has 156 valence electrons. The molecule has 5 nitrogen and oxygen atoms in total. The Balaban J connectivity index is 1.82. The lowest BCUT2D eigenvalue weighted by molar-refractivity contribution is 0.0693. The zero-order chi connectivity index (χ0) is 21.0. The van der Waals surface area contributed by atoms with Gasteiger partial charge in [-0.1, -0.05) is 19.1 Å². The molecule has 1 aliphatic heterocycles. The molecule has 2 aromatic rings. The molecule has 1 heterocycles. The maximum absolute atomic E-state index is 13.3. The van der Waals surface area contributed by atoms with Crippen LogP contribution in [-0.2, 0) is 16.6 Å². The van der Waals surface area contributed by atoms with Gasteiger partial charge in [0.2, 0.25) is 10.0 Å². The molecule has 1 aliphatic rings.